The number of piperidine rings is 1. The van der Waals surface area contributed by atoms with Crippen molar-refractivity contribution in [3.8, 4) is 0 Å². The van der Waals surface area contributed by atoms with Crippen molar-refractivity contribution in [1.82, 2.24) is 15.2 Å². The van der Waals surface area contributed by atoms with Crippen molar-refractivity contribution in [2.24, 2.45) is 5.92 Å². The van der Waals surface area contributed by atoms with Gasteiger partial charge in [-0.25, -0.2) is 4.79 Å². The van der Waals surface area contributed by atoms with Crippen LogP contribution in [0.15, 0.2) is 24.4 Å². The number of carbonyl (C=O) groups is 2. The second-order valence-corrected chi connectivity index (χ2v) is 8.05. The van der Waals surface area contributed by atoms with Crippen LogP contribution in [-0.4, -0.2) is 40.6 Å². The minimum atomic E-state index is -0.524. The number of rotatable bonds is 3. The molecule has 1 saturated carbocycles. The predicted octanol–water partition coefficient (Wildman–Crippen LogP) is 2.83. The van der Waals surface area contributed by atoms with E-state index in [1.807, 2.05) is 39.0 Å². The zero-order valence-electron chi connectivity index (χ0n) is 15.2. The Morgan fingerprint density at radius 3 is 2.68 bits per heavy atom. The summed E-state index contributed by atoms with van der Waals surface area (Å²) in [4.78, 5) is 31.1. The van der Waals surface area contributed by atoms with Gasteiger partial charge in [-0.05, 0) is 58.6 Å². The zero-order valence-corrected chi connectivity index (χ0v) is 15.2. The first kappa shape index (κ1) is 17.7. The summed E-state index contributed by atoms with van der Waals surface area (Å²) in [6.07, 6.45) is 4.86. The molecule has 1 atom stereocenters. The van der Waals surface area contributed by atoms with Crippen molar-refractivity contribution in [2.75, 3.05) is 13.1 Å². The van der Waals surface area contributed by atoms with E-state index in [9.17, 15) is 9.59 Å². The van der Waals surface area contributed by atoms with E-state index in [1.54, 1.807) is 11.1 Å². The van der Waals surface area contributed by atoms with E-state index in [4.69, 9.17) is 4.74 Å². The van der Waals surface area contributed by atoms with Crippen molar-refractivity contribution in [3.05, 3.63) is 30.1 Å². The standard InChI is InChI=1S/C19H27N3O3/c1-18(2,3)25-17(24)22-12-6-7-14(13-22)16(23)21-19(9-10-19)15-8-4-5-11-20-15/h4-5,8,11,14H,6-7,9-10,12-13H2,1-3H3,(H,21,23). The number of likely N-dealkylation sites (tertiary alicyclic amines) is 1. The number of ether oxygens (including phenoxy) is 1. The smallest absolute Gasteiger partial charge is 0.410 e. The number of amides is 2. The van der Waals surface area contributed by atoms with Crippen molar-refractivity contribution in [1.29, 1.82) is 0 Å². The van der Waals surface area contributed by atoms with Gasteiger partial charge in [0, 0.05) is 19.3 Å². The Kier molecular flexibility index (Phi) is 4.71. The van der Waals surface area contributed by atoms with Gasteiger partial charge in [0.25, 0.3) is 0 Å². The molecule has 1 aliphatic heterocycles. The SMILES string of the molecule is CC(C)(C)OC(=O)N1CCCC(C(=O)NC2(c3ccccn3)CC2)C1. The Hall–Kier alpha value is -2.11. The molecule has 1 aliphatic carbocycles. The number of hydrogen-bond acceptors (Lipinski definition) is 4. The van der Waals surface area contributed by atoms with E-state index in [1.165, 1.54) is 0 Å². The first-order valence-electron chi connectivity index (χ1n) is 9.01. The topological polar surface area (TPSA) is 71.5 Å². The average molecular weight is 345 g/mol. The summed E-state index contributed by atoms with van der Waals surface area (Å²) in [7, 11) is 0. The van der Waals surface area contributed by atoms with Crippen LogP contribution in [0.3, 0.4) is 0 Å². The first-order valence-corrected chi connectivity index (χ1v) is 9.01. The maximum absolute atomic E-state index is 12.8. The maximum atomic E-state index is 12.8. The lowest BCUT2D eigenvalue weighted by Gasteiger charge is -2.34. The second kappa shape index (κ2) is 6.65. The van der Waals surface area contributed by atoms with Gasteiger partial charge >= 0.3 is 6.09 Å². The lowest BCUT2D eigenvalue weighted by molar-refractivity contribution is -0.127. The number of pyridine rings is 1. The molecule has 25 heavy (non-hydrogen) atoms. The fourth-order valence-corrected chi connectivity index (χ4v) is 3.24. The van der Waals surface area contributed by atoms with Gasteiger partial charge in [-0.1, -0.05) is 6.07 Å². The second-order valence-electron chi connectivity index (χ2n) is 8.05. The van der Waals surface area contributed by atoms with E-state index in [-0.39, 0.29) is 23.5 Å². The molecule has 1 saturated heterocycles. The van der Waals surface area contributed by atoms with Gasteiger partial charge in [0.1, 0.15) is 5.60 Å². The molecule has 1 N–H and O–H groups in total. The Bertz CT molecular complexity index is 635. The minimum absolute atomic E-state index is 0.0106. The summed E-state index contributed by atoms with van der Waals surface area (Å²) in [5.41, 5.74) is 0.0822. The molecule has 136 valence electrons. The molecule has 2 heterocycles. The highest BCUT2D eigenvalue weighted by molar-refractivity contribution is 5.81. The highest BCUT2D eigenvalue weighted by atomic mass is 16.6. The third kappa shape index (κ3) is 4.30. The Morgan fingerprint density at radius 1 is 1.32 bits per heavy atom. The van der Waals surface area contributed by atoms with Gasteiger partial charge in [-0.15, -0.1) is 0 Å². The van der Waals surface area contributed by atoms with Crippen LogP contribution in [0, 0.1) is 5.92 Å². The average Bonchev–Trinajstić information content (AvgIpc) is 3.35. The van der Waals surface area contributed by atoms with E-state index in [0.29, 0.717) is 13.1 Å². The highest BCUT2D eigenvalue weighted by Gasteiger charge is 2.48. The van der Waals surface area contributed by atoms with Crippen LogP contribution < -0.4 is 5.32 Å². The Labute approximate surface area is 148 Å². The van der Waals surface area contributed by atoms with Crippen LogP contribution in [0.2, 0.25) is 0 Å². The quantitative estimate of drug-likeness (QED) is 0.914. The third-order valence-corrected chi connectivity index (χ3v) is 4.71. The number of hydrogen-bond donors (Lipinski definition) is 1. The van der Waals surface area contributed by atoms with Crippen molar-refractivity contribution >= 4 is 12.0 Å². The summed E-state index contributed by atoms with van der Waals surface area (Å²) in [5, 5.41) is 3.18. The molecule has 2 amide bonds. The molecule has 2 fully saturated rings. The zero-order chi connectivity index (χ0) is 18.1. The van der Waals surface area contributed by atoms with E-state index >= 15 is 0 Å². The lowest BCUT2D eigenvalue weighted by atomic mass is 9.96. The largest absolute Gasteiger partial charge is 0.444 e. The molecule has 1 unspecified atom stereocenters. The molecular weight excluding hydrogens is 318 g/mol. The molecule has 6 heteroatoms. The van der Waals surface area contributed by atoms with Crippen molar-refractivity contribution in [3.63, 3.8) is 0 Å². The molecular formula is C19H27N3O3. The summed E-state index contributed by atoms with van der Waals surface area (Å²) < 4.78 is 5.43. The number of nitrogens with zero attached hydrogens (tertiary/aromatic N) is 2. The maximum Gasteiger partial charge on any atom is 0.410 e. The summed E-state index contributed by atoms with van der Waals surface area (Å²) in [6, 6.07) is 5.78. The fraction of sp³-hybridized carbons (Fsp3) is 0.632. The Morgan fingerprint density at radius 2 is 2.08 bits per heavy atom. The van der Waals surface area contributed by atoms with Gasteiger partial charge in [0.2, 0.25) is 5.91 Å². The van der Waals surface area contributed by atoms with Crippen LogP contribution in [0.4, 0.5) is 4.79 Å². The third-order valence-electron chi connectivity index (χ3n) is 4.71. The minimum Gasteiger partial charge on any atom is -0.444 e. The summed E-state index contributed by atoms with van der Waals surface area (Å²) in [6.45, 7) is 6.61. The number of carbonyl (C=O) groups excluding carboxylic acids is 2. The van der Waals surface area contributed by atoms with Crippen molar-refractivity contribution in [2.45, 2.75) is 57.6 Å². The van der Waals surface area contributed by atoms with Crippen LogP contribution in [0.1, 0.15) is 52.1 Å². The van der Waals surface area contributed by atoms with Crippen LogP contribution in [0.5, 0.6) is 0 Å². The van der Waals surface area contributed by atoms with Gasteiger partial charge in [0.05, 0.1) is 17.2 Å². The number of aromatic nitrogens is 1. The summed E-state index contributed by atoms with van der Waals surface area (Å²) >= 11 is 0. The predicted molar refractivity (Wildman–Crippen MR) is 93.8 cm³/mol. The van der Waals surface area contributed by atoms with E-state index in [0.717, 1.165) is 31.4 Å². The molecule has 1 aromatic rings. The van der Waals surface area contributed by atoms with E-state index in [2.05, 4.69) is 10.3 Å². The molecule has 6 nitrogen and oxygen atoms in total. The molecule has 0 radical (unpaired) electrons. The normalized spacial score (nSPS) is 22.2. The molecule has 1 aromatic heterocycles. The highest BCUT2D eigenvalue weighted by Crippen LogP contribution is 2.44. The van der Waals surface area contributed by atoms with Crippen molar-refractivity contribution < 1.29 is 14.3 Å². The van der Waals surface area contributed by atoms with Gasteiger partial charge < -0.3 is 15.0 Å². The molecule has 0 spiro atoms. The van der Waals surface area contributed by atoms with Crippen LogP contribution >= 0.6 is 0 Å². The fourth-order valence-electron chi connectivity index (χ4n) is 3.24. The van der Waals surface area contributed by atoms with Gasteiger partial charge in [-0.3, -0.25) is 9.78 Å². The molecule has 2 aliphatic rings. The first-order chi connectivity index (χ1) is 11.8. The molecule has 3 rings (SSSR count). The molecule has 0 aromatic carbocycles. The lowest BCUT2D eigenvalue weighted by Crippen LogP contribution is -2.48. The number of nitrogens with one attached hydrogen (secondary N) is 1. The summed E-state index contributed by atoms with van der Waals surface area (Å²) in [5.74, 6) is -0.182. The molecule has 0 bridgehead atoms. The monoisotopic (exact) mass is 345 g/mol. The van der Waals surface area contributed by atoms with Gasteiger partial charge in [0.15, 0.2) is 0 Å². The van der Waals surface area contributed by atoms with Gasteiger partial charge in [-0.2, -0.15) is 0 Å². The van der Waals surface area contributed by atoms with E-state index < -0.39 is 5.60 Å². The van der Waals surface area contributed by atoms with Crippen LogP contribution in [-0.2, 0) is 15.1 Å². The Balaban J connectivity index is 1.60. The van der Waals surface area contributed by atoms with Crippen LogP contribution in [0.25, 0.3) is 0 Å².